The van der Waals surface area contributed by atoms with Crippen molar-refractivity contribution in [3.05, 3.63) is 46.7 Å². The van der Waals surface area contributed by atoms with Crippen LogP contribution in [0.3, 0.4) is 0 Å². The van der Waals surface area contributed by atoms with Crippen LogP contribution in [0.25, 0.3) is 0 Å². The third kappa shape index (κ3) is 5.24. The van der Waals surface area contributed by atoms with E-state index in [1.54, 1.807) is 5.38 Å². The minimum atomic E-state index is -0.637. The van der Waals surface area contributed by atoms with E-state index in [4.69, 9.17) is 4.74 Å². The second-order valence-corrected chi connectivity index (χ2v) is 6.65. The fourth-order valence-electron chi connectivity index (χ4n) is 2.40. The van der Waals surface area contributed by atoms with Gasteiger partial charge in [0.2, 0.25) is 0 Å². The van der Waals surface area contributed by atoms with E-state index >= 15 is 0 Å². The van der Waals surface area contributed by atoms with Gasteiger partial charge >= 0.3 is 0 Å². The van der Waals surface area contributed by atoms with Gasteiger partial charge in [0.15, 0.2) is 5.13 Å². The number of aromatic nitrogens is 1. The fourth-order valence-corrected chi connectivity index (χ4v) is 3.25. The molecule has 0 bridgehead atoms. The topological polar surface area (TPSA) is 113 Å². The number of benzene rings is 1. The van der Waals surface area contributed by atoms with E-state index < -0.39 is 23.5 Å². The molecule has 1 fully saturated rings. The smallest absolute Gasteiger partial charge is 0.289 e. The van der Waals surface area contributed by atoms with E-state index in [-0.39, 0.29) is 17.8 Å². The largest absolute Gasteiger partial charge is 0.378 e. The van der Waals surface area contributed by atoms with E-state index in [2.05, 4.69) is 21.2 Å². The van der Waals surface area contributed by atoms with Crippen LogP contribution in [0, 0.1) is 5.82 Å². The molecule has 148 valence electrons. The maximum Gasteiger partial charge on any atom is 0.289 e. The lowest BCUT2D eigenvalue weighted by Gasteiger charge is -2.25. The van der Waals surface area contributed by atoms with Crippen LogP contribution >= 0.6 is 11.3 Å². The van der Waals surface area contributed by atoms with E-state index in [0.29, 0.717) is 31.4 Å². The van der Waals surface area contributed by atoms with Crippen molar-refractivity contribution in [3.63, 3.8) is 0 Å². The predicted octanol–water partition coefficient (Wildman–Crippen LogP) is 0.310. The first-order valence-corrected chi connectivity index (χ1v) is 9.32. The molecule has 1 aliphatic rings. The van der Waals surface area contributed by atoms with E-state index in [9.17, 15) is 18.8 Å². The van der Waals surface area contributed by atoms with Gasteiger partial charge in [0.25, 0.3) is 17.7 Å². The Hall–Kier alpha value is -3.05. The van der Waals surface area contributed by atoms with E-state index in [1.807, 2.05) is 4.90 Å². The highest BCUT2D eigenvalue weighted by Gasteiger charge is 2.18. The molecule has 0 aliphatic carbocycles. The second kappa shape index (κ2) is 9.24. The highest BCUT2D eigenvalue weighted by molar-refractivity contribution is 7.13. The van der Waals surface area contributed by atoms with Crippen LogP contribution in [0.15, 0.2) is 29.6 Å². The lowest BCUT2D eigenvalue weighted by molar-refractivity contribution is -0.120. The zero-order chi connectivity index (χ0) is 19.9. The molecule has 0 spiro atoms. The average Bonchev–Trinajstić information content (AvgIpc) is 3.21. The number of nitrogens with zero attached hydrogens (tertiary/aromatic N) is 2. The second-order valence-electron chi connectivity index (χ2n) is 5.81. The molecule has 0 atom stereocenters. The van der Waals surface area contributed by atoms with Crippen molar-refractivity contribution in [2.45, 2.75) is 0 Å². The summed E-state index contributed by atoms with van der Waals surface area (Å²) >= 11 is 1.33. The highest BCUT2D eigenvalue weighted by atomic mass is 32.1. The summed E-state index contributed by atoms with van der Waals surface area (Å²) in [6.07, 6.45) is 0. The van der Waals surface area contributed by atoms with Crippen LogP contribution in [-0.2, 0) is 9.53 Å². The number of anilines is 1. The molecular formula is C17H18FN5O4S. The molecule has 11 heteroatoms. The molecule has 3 amide bonds. The molecule has 2 aromatic rings. The number of hydrazine groups is 1. The molecule has 0 saturated carbocycles. The molecule has 28 heavy (non-hydrogen) atoms. The number of hydrogen-bond acceptors (Lipinski definition) is 7. The van der Waals surface area contributed by atoms with Crippen LogP contribution in [0.1, 0.15) is 20.8 Å². The van der Waals surface area contributed by atoms with Crippen molar-refractivity contribution in [2.75, 3.05) is 37.7 Å². The van der Waals surface area contributed by atoms with Crippen molar-refractivity contribution in [3.8, 4) is 0 Å². The van der Waals surface area contributed by atoms with Gasteiger partial charge in [-0.15, -0.1) is 11.3 Å². The van der Waals surface area contributed by atoms with E-state index in [0.717, 1.165) is 6.07 Å². The van der Waals surface area contributed by atoms with Crippen LogP contribution in [0.4, 0.5) is 9.52 Å². The van der Waals surface area contributed by atoms with Gasteiger partial charge in [-0.25, -0.2) is 9.37 Å². The van der Waals surface area contributed by atoms with Gasteiger partial charge in [0, 0.05) is 24.0 Å². The van der Waals surface area contributed by atoms with Gasteiger partial charge in [-0.2, -0.15) is 0 Å². The molecule has 1 aromatic heterocycles. The zero-order valence-electron chi connectivity index (χ0n) is 14.7. The first-order valence-electron chi connectivity index (χ1n) is 8.44. The number of thiazole rings is 1. The summed E-state index contributed by atoms with van der Waals surface area (Å²) in [5.74, 6) is -2.36. The number of ether oxygens (including phenoxy) is 1. The summed E-state index contributed by atoms with van der Waals surface area (Å²) in [7, 11) is 0. The fraction of sp³-hybridized carbons (Fsp3) is 0.294. The number of morpholine rings is 1. The van der Waals surface area contributed by atoms with E-state index in [1.165, 1.54) is 29.5 Å². The van der Waals surface area contributed by atoms with Crippen LogP contribution in [-0.4, -0.2) is 55.6 Å². The number of nitrogens with one attached hydrogen (secondary N) is 3. The number of rotatable bonds is 5. The molecular weight excluding hydrogens is 389 g/mol. The van der Waals surface area contributed by atoms with Crippen molar-refractivity contribution in [1.29, 1.82) is 0 Å². The third-order valence-corrected chi connectivity index (χ3v) is 4.72. The number of hydrogen-bond donors (Lipinski definition) is 3. The standard InChI is InChI=1S/C17H18FN5O4S/c18-12-3-1-2-11(8-12)15(25)19-9-14(24)21-22-16(26)13-10-28-17(20-13)23-4-6-27-7-5-23/h1-3,8,10H,4-7,9H2,(H,19,25)(H,21,24)(H,22,26). The minimum Gasteiger partial charge on any atom is -0.378 e. The van der Waals surface area contributed by atoms with Gasteiger partial charge in [-0.3, -0.25) is 25.2 Å². The summed E-state index contributed by atoms with van der Waals surface area (Å²) < 4.78 is 18.4. The summed E-state index contributed by atoms with van der Waals surface area (Å²) in [6.45, 7) is 2.25. The molecule has 1 aliphatic heterocycles. The lowest BCUT2D eigenvalue weighted by atomic mass is 10.2. The first-order chi connectivity index (χ1) is 13.5. The Morgan fingerprint density at radius 2 is 1.96 bits per heavy atom. The number of amides is 3. The highest BCUT2D eigenvalue weighted by Crippen LogP contribution is 2.21. The van der Waals surface area contributed by atoms with Crippen LogP contribution in [0.2, 0.25) is 0 Å². The van der Waals surface area contributed by atoms with Crippen molar-refractivity contribution >= 4 is 34.2 Å². The van der Waals surface area contributed by atoms with Crippen molar-refractivity contribution in [1.82, 2.24) is 21.2 Å². The van der Waals surface area contributed by atoms with Gasteiger partial charge in [-0.05, 0) is 18.2 Å². The molecule has 0 radical (unpaired) electrons. The van der Waals surface area contributed by atoms with Gasteiger partial charge in [0.1, 0.15) is 11.5 Å². The third-order valence-electron chi connectivity index (χ3n) is 3.82. The Labute approximate surface area is 163 Å². The average molecular weight is 407 g/mol. The monoisotopic (exact) mass is 407 g/mol. The Balaban J connectivity index is 1.43. The molecule has 0 unspecified atom stereocenters. The van der Waals surface area contributed by atoms with Crippen molar-refractivity contribution in [2.24, 2.45) is 0 Å². The predicted molar refractivity (Wildman–Crippen MR) is 99.5 cm³/mol. The molecule has 3 N–H and O–H groups in total. The summed E-state index contributed by atoms with van der Waals surface area (Å²) in [5.41, 5.74) is 4.70. The van der Waals surface area contributed by atoms with Crippen LogP contribution in [0.5, 0.6) is 0 Å². The maximum atomic E-state index is 13.1. The SMILES string of the molecule is O=C(CNC(=O)c1cccc(F)c1)NNC(=O)c1csc(N2CCOCC2)n1. The number of carbonyl (C=O) groups is 3. The summed E-state index contributed by atoms with van der Waals surface area (Å²) in [6, 6.07) is 5.08. The van der Waals surface area contributed by atoms with Gasteiger partial charge in [0.05, 0.1) is 19.8 Å². The molecule has 1 saturated heterocycles. The molecule has 9 nitrogen and oxygen atoms in total. The minimum absolute atomic E-state index is 0.0925. The lowest BCUT2D eigenvalue weighted by Crippen LogP contribution is -2.46. The zero-order valence-corrected chi connectivity index (χ0v) is 15.6. The Morgan fingerprint density at radius 3 is 2.71 bits per heavy atom. The Bertz CT molecular complexity index is 869. The number of carbonyl (C=O) groups excluding carboxylic acids is 3. The summed E-state index contributed by atoms with van der Waals surface area (Å²) in [4.78, 5) is 42.0. The van der Waals surface area contributed by atoms with Crippen LogP contribution < -0.4 is 21.1 Å². The number of halogens is 1. The molecule has 1 aromatic carbocycles. The first kappa shape index (κ1) is 19.7. The van der Waals surface area contributed by atoms with Gasteiger partial charge in [-0.1, -0.05) is 6.07 Å². The summed E-state index contributed by atoms with van der Waals surface area (Å²) in [5, 5.41) is 4.64. The molecule has 2 heterocycles. The normalized spacial score (nSPS) is 13.7. The molecule has 3 rings (SSSR count). The van der Waals surface area contributed by atoms with Gasteiger partial charge < -0.3 is 15.0 Å². The Kier molecular flexibility index (Phi) is 6.50. The Morgan fingerprint density at radius 1 is 1.18 bits per heavy atom. The van der Waals surface area contributed by atoms with Crippen molar-refractivity contribution < 1.29 is 23.5 Å². The maximum absolute atomic E-state index is 13.1. The quantitative estimate of drug-likeness (QED) is 0.615.